The number of thiophene rings is 1. The van der Waals surface area contributed by atoms with Crippen molar-refractivity contribution in [2.24, 2.45) is 0 Å². The standard InChI is InChI=1S/C17H17ClN4O4S/c18-9-3-10-16(21-15(9)19-4-8-1-2-27-7-8)22-17(20-10)26-12-6-25-13-11(23)5-24-14(12)13/h1-3,7,11-14,23H,4-6H2,(H2,19,20,21,22)/t11-,12-,13-,14-/m1/s1. The smallest absolute Gasteiger partial charge is 0.296 e. The van der Waals surface area contributed by atoms with Gasteiger partial charge in [0.05, 0.1) is 23.8 Å². The number of anilines is 1. The molecule has 3 aromatic rings. The summed E-state index contributed by atoms with van der Waals surface area (Å²) < 4.78 is 17.0. The van der Waals surface area contributed by atoms with Crippen LogP contribution in [-0.2, 0) is 16.0 Å². The minimum Gasteiger partial charge on any atom is -0.456 e. The van der Waals surface area contributed by atoms with Gasteiger partial charge in [0.2, 0.25) is 0 Å². The van der Waals surface area contributed by atoms with Crippen molar-refractivity contribution in [2.75, 3.05) is 18.5 Å². The molecule has 2 fully saturated rings. The summed E-state index contributed by atoms with van der Waals surface area (Å²) in [5.74, 6) is 0.569. The maximum absolute atomic E-state index is 9.82. The molecular formula is C17H17ClN4O4S. The Morgan fingerprint density at radius 1 is 1.33 bits per heavy atom. The van der Waals surface area contributed by atoms with Gasteiger partial charge in [0.1, 0.15) is 24.1 Å². The van der Waals surface area contributed by atoms with Crippen molar-refractivity contribution in [3.63, 3.8) is 0 Å². The maximum atomic E-state index is 9.82. The second-order valence-electron chi connectivity index (χ2n) is 6.54. The highest BCUT2D eigenvalue weighted by Gasteiger charge is 2.48. The highest BCUT2D eigenvalue weighted by molar-refractivity contribution is 7.07. The van der Waals surface area contributed by atoms with Gasteiger partial charge in [-0.25, -0.2) is 4.98 Å². The lowest BCUT2D eigenvalue weighted by Crippen LogP contribution is -2.34. The summed E-state index contributed by atoms with van der Waals surface area (Å²) in [7, 11) is 0. The first-order valence-electron chi connectivity index (χ1n) is 8.56. The average molecular weight is 409 g/mol. The van der Waals surface area contributed by atoms with Crippen LogP contribution in [0.4, 0.5) is 5.82 Å². The van der Waals surface area contributed by atoms with Crippen LogP contribution in [0.15, 0.2) is 22.9 Å². The minimum atomic E-state index is -0.614. The van der Waals surface area contributed by atoms with E-state index in [1.165, 1.54) is 5.56 Å². The maximum Gasteiger partial charge on any atom is 0.296 e. The fourth-order valence-electron chi connectivity index (χ4n) is 3.34. The molecular weight excluding hydrogens is 392 g/mol. The molecule has 4 atom stereocenters. The van der Waals surface area contributed by atoms with Crippen LogP contribution in [0.1, 0.15) is 5.56 Å². The van der Waals surface area contributed by atoms with Crippen LogP contribution in [-0.4, -0.2) is 57.7 Å². The van der Waals surface area contributed by atoms with E-state index in [-0.39, 0.29) is 24.9 Å². The molecule has 2 aliphatic heterocycles. The monoisotopic (exact) mass is 408 g/mol. The zero-order chi connectivity index (χ0) is 18.4. The van der Waals surface area contributed by atoms with Gasteiger partial charge in [-0.15, -0.1) is 0 Å². The third-order valence-electron chi connectivity index (χ3n) is 4.69. The SMILES string of the molecule is O[C@@H]1CO[C@H]2[C@@H]1OC[C@H]2Oc1nc2nc(NCc3ccsc3)c(Cl)cc2[nH]1. The Morgan fingerprint density at radius 2 is 2.22 bits per heavy atom. The lowest BCUT2D eigenvalue weighted by atomic mass is 10.1. The largest absolute Gasteiger partial charge is 0.456 e. The number of aromatic nitrogens is 3. The van der Waals surface area contributed by atoms with Gasteiger partial charge in [-0.2, -0.15) is 16.3 Å². The topological polar surface area (TPSA) is 102 Å². The molecule has 0 amide bonds. The zero-order valence-corrected chi connectivity index (χ0v) is 15.7. The molecule has 5 heterocycles. The number of imidazole rings is 1. The molecule has 8 nitrogen and oxygen atoms in total. The molecule has 3 N–H and O–H groups in total. The summed E-state index contributed by atoms with van der Waals surface area (Å²) in [4.78, 5) is 12.0. The molecule has 0 aromatic carbocycles. The van der Waals surface area contributed by atoms with E-state index in [0.717, 1.165) is 0 Å². The Hall–Kier alpha value is -1.91. The number of aliphatic hydroxyl groups is 1. The summed E-state index contributed by atoms with van der Waals surface area (Å²) in [6.45, 7) is 1.23. The number of hydrogen-bond donors (Lipinski definition) is 3. The van der Waals surface area contributed by atoms with E-state index in [1.807, 2.05) is 11.4 Å². The number of fused-ring (bicyclic) bond motifs is 2. The number of H-pyrrole nitrogens is 1. The van der Waals surface area contributed by atoms with E-state index >= 15 is 0 Å². The van der Waals surface area contributed by atoms with Crippen molar-refractivity contribution in [2.45, 2.75) is 31.0 Å². The van der Waals surface area contributed by atoms with E-state index in [0.29, 0.717) is 41.2 Å². The number of hydrogen-bond acceptors (Lipinski definition) is 8. The van der Waals surface area contributed by atoms with Crippen LogP contribution in [0.25, 0.3) is 11.2 Å². The van der Waals surface area contributed by atoms with E-state index in [1.54, 1.807) is 17.4 Å². The molecule has 10 heteroatoms. The Labute approximate surface area is 163 Å². The summed E-state index contributed by atoms with van der Waals surface area (Å²) in [6, 6.07) is 4.13. The molecule has 0 aliphatic carbocycles. The predicted octanol–water partition coefficient (Wildman–Crippen LogP) is 2.19. The van der Waals surface area contributed by atoms with E-state index in [9.17, 15) is 5.11 Å². The first kappa shape index (κ1) is 17.2. The lowest BCUT2D eigenvalue weighted by Gasteiger charge is -2.15. The van der Waals surface area contributed by atoms with Gasteiger partial charge < -0.3 is 29.6 Å². The summed E-state index contributed by atoms with van der Waals surface area (Å²) in [5.41, 5.74) is 2.35. The number of nitrogens with one attached hydrogen (secondary N) is 2. The van der Waals surface area contributed by atoms with Crippen molar-refractivity contribution >= 4 is 39.9 Å². The van der Waals surface area contributed by atoms with E-state index < -0.39 is 6.10 Å². The molecule has 2 saturated heterocycles. The molecule has 0 unspecified atom stereocenters. The van der Waals surface area contributed by atoms with Gasteiger partial charge in [0.25, 0.3) is 6.01 Å². The third kappa shape index (κ3) is 3.26. The molecule has 0 spiro atoms. The Morgan fingerprint density at radius 3 is 3.07 bits per heavy atom. The van der Waals surface area contributed by atoms with Crippen molar-refractivity contribution in [3.05, 3.63) is 33.5 Å². The van der Waals surface area contributed by atoms with Crippen LogP contribution in [0, 0.1) is 0 Å². The van der Waals surface area contributed by atoms with Gasteiger partial charge >= 0.3 is 0 Å². The number of nitrogens with zero attached hydrogens (tertiary/aromatic N) is 2. The lowest BCUT2D eigenvalue weighted by molar-refractivity contribution is 0.00706. The molecule has 0 radical (unpaired) electrons. The highest BCUT2D eigenvalue weighted by atomic mass is 35.5. The first-order chi connectivity index (χ1) is 13.2. The molecule has 2 aliphatic rings. The quantitative estimate of drug-likeness (QED) is 0.594. The average Bonchev–Trinajstić information content (AvgIpc) is 3.41. The van der Waals surface area contributed by atoms with Crippen LogP contribution >= 0.6 is 22.9 Å². The van der Waals surface area contributed by atoms with Crippen LogP contribution in [0.5, 0.6) is 6.01 Å². The predicted molar refractivity (Wildman–Crippen MR) is 100 cm³/mol. The van der Waals surface area contributed by atoms with Crippen LogP contribution in [0.2, 0.25) is 5.02 Å². The van der Waals surface area contributed by atoms with Crippen LogP contribution < -0.4 is 10.1 Å². The van der Waals surface area contributed by atoms with Gasteiger partial charge in [-0.1, -0.05) is 11.6 Å². The third-order valence-corrected chi connectivity index (χ3v) is 5.71. The Balaban J connectivity index is 1.33. The van der Waals surface area contributed by atoms with Crippen molar-refractivity contribution < 1.29 is 19.3 Å². The molecule has 0 bridgehead atoms. The van der Waals surface area contributed by atoms with Crippen molar-refractivity contribution in [3.8, 4) is 6.01 Å². The Bertz CT molecular complexity index is 950. The molecule has 3 aromatic heterocycles. The highest BCUT2D eigenvalue weighted by Crippen LogP contribution is 2.30. The number of pyridine rings is 1. The minimum absolute atomic E-state index is 0.256. The first-order valence-corrected chi connectivity index (χ1v) is 9.88. The van der Waals surface area contributed by atoms with Crippen molar-refractivity contribution in [1.29, 1.82) is 0 Å². The molecule has 0 saturated carbocycles. The molecule has 27 heavy (non-hydrogen) atoms. The Kier molecular flexibility index (Phi) is 4.41. The number of aromatic amines is 1. The van der Waals surface area contributed by atoms with Gasteiger partial charge in [0, 0.05) is 6.54 Å². The van der Waals surface area contributed by atoms with Gasteiger partial charge in [0.15, 0.2) is 11.8 Å². The zero-order valence-electron chi connectivity index (χ0n) is 14.1. The van der Waals surface area contributed by atoms with Crippen molar-refractivity contribution in [1.82, 2.24) is 15.0 Å². The van der Waals surface area contributed by atoms with E-state index in [2.05, 4.69) is 25.6 Å². The van der Waals surface area contributed by atoms with Crippen LogP contribution in [0.3, 0.4) is 0 Å². The summed E-state index contributed by atoms with van der Waals surface area (Å²) >= 11 is 7.98. The number of halogens is 1. The second kappa shape index (κ2) is 6.92. The number of aliphatic hydroxyl groups excluding tert-OH is 1. The van der Waals surface area contributed by atoms with Gasteiger partial charge in [-0.3, -0.25) is 0 Å². The fourth-order valence-corrected chi connectivity index (χ4v) is 4.23. The number of ether oxygens (including phenoxy) is 3. The summed E-state index contributed by atoms with van der Waals surface area (Å²) in [6.07, 6.45) is -1.59. The molecule has 142 valence electrons. The molecule has 5 rings (SSSR count). The fraction of sp³-hybridized carbons (Fsp3) is 0.412. The second-order valence-corrected chi connectivity index (χ2v) is 7.72. The number of rotatable bonds is 5. The van der Waals surface area contributed by atoms with Gasteiger partial charge in [-0.05, 0) is 28.5 Å². The van der Waals surface area contributed by atoms with E-state index in [4.69, 9.17) is 25.8 Å². The normalized spacial score (nSPS) is 27.2. The summed E-state index contributed by atoms with van der Waals surface area (Å²) in [5, 5.41) is 17.6.